The lowest BCUT2D eigenvalue weighted by molar-refractivity contribution is -0.135. The molecule has 2 aromatic rings. The normalized spacial score (nSPS) is 24.7. The summed E-state index contributed by atoms with van der Waals surface area (Å²) < 4.78 is 0.997. The molecule has 1 aliphatic heterocycles. The van der Waals surface area contributed by atoms with Crippen molar-refractivity contribution in [2.75, 3.05) is 7.05 Å². The van der Waals surface area contributed by atoms with Gasteiger partial charge in [0.25, 0.3) is 0 Å². The molecule has 3 rings (SSSR count). The fourth-order valence-corrected chi connectivity index (χ4v) is 4.57. The minimum Gasteiger partial charge on any atom is -0.345 e. The zero-order chi connectivity index (χ0) is 16.6. The number of nitrogens with zero attached hydrogens (tertiary/aromatic N) is 1. The summed E-state index contributed by atoms with van der Waals surface area (Å²) in [6.45, 7) is 2.01. The van der Waals surface area contributed by atoms with Crippen molar-refractivity contribution < 1.29 is 4.79 Å². The van der Waals surface area contributed by atoms with E-state index >= 15 is 0 Å². The first-order chi connectivity index (χ1) is 10.9. The zero-order valence-corrected chi connectivity index (χ0v) is 15.4. The fourth-order valence-electron chi connectivity index (χ4n) is 2.97. The highest BCUT2D eigenvalue weighted by Gasteiger charge is 2.48. The molecule has 0 unspecified atom stereocenters. The third-order valence-corrected chi connectivity index (χ3v) is 6.33. The van der Waals surface area contributed by atoms with Crippen LogP contribution in [0.15, 0.2) is 46.3 Å². The van der Waals surface area contributed by atoms with Gasteiger partial charge < -0.3 is 5.32 Å². The molecular weight excluding hydrogens is 374 g/mol. The molecule has 2 atom stereocenters. The van der Waals surface area contributed by atoms with Gasteiger partial charge in [-0.05, 0) is 40.9 Å². The van der Waals surface area contributed by atoms with Crippen molar-refractivity contribution in [3.63, 3.8) is 0 Å². The van der Waals surface area contributed by atoms with E-state index < -0.39 is 5.54 Å². The Balaban J connectivity index is 2.02. The summed E-state index contributed by atoms with van der Waals surface area (Å²) in [4.78, 5) is 15.3. The van der Waals surface area contributed by atoms with Gasteiger partial charge in [-0.2, -0.15) is 0 Å². The number of guanidine groups is 1. The van der Waals surface area contributed by atoms with Crippen molar-refractivity contribution in [3.05, 3.63) is 56.7 Å². The van der Waals surface area contributed by atoms with Gasteiger partial charge in [0.2, 0.25) is 5.91 Å². The monoisotopic (exact) mass is 391 g/mol. The number of halogens is 1. The summed E-state index contributed by atoms with van der Waals surface area (Å²) in [5, 5.41) is 13.4. The maximum atomic E-state index is 12.9. The van der Waals surface area contributed by atoms with Crippen LogP contribution in [-0.4, -0.2) is 23.8 Å². The van der Waals surface area contributed by atoms with Crippen LogP contribution in [0.25, 0.3) is 0 Å². The van der Waals surface area contributed by atoms with Crippen molar-refractivity contribution in [1.29, 1.82) is 5.41 Å². The number of carbonyl (C=O) groups is 1. The number of nitrogens with one attached hydrogen (secondary N) is 2. The summed E-state index contributed by atoms with van der Waals surface area (Å²) in [5.74, 6) is -0.148. The van der Waals surface area contributed by atoms with Crippen LogP contribution in [0, 0.1) is 11.3 Å². The number of rotatable bonds is 3. The minimum absolute atomic E-state index is 0.0235. The van der Waals surface area contributed by atoms with Crippen molar-refractivity contribution in [2.45, 2.75) is 18.9 Å². The van der Waals surface area contributed by atoms with E-state index in [1.807, 2.05) is 48.7 Å². The van der Waals surface area contributed by atoms with Crippen molar-refractivity contribution in [1.82, 2.24) is 10.2 Å². The van der Waals surface area contributed by atoms with Gasteiger partial charge in [0, 0.05) is 21.8 Å². The van der Waals surface area contributed by atoms with Gasteiger partial charge >= 0.3 is 0 Å². The van der Waals surface area contributed by atoms with Gasteiger partial charge in [-0.15, -0.1) is 11.3 Å². The number of thiophene rings is 1. The van der Waals surface area contributed by atoms with Crippen molar-refractivity contribution >= 4 is 39.1 Å². The van der Waals surface area contributed by atoms with Gasteiger partial charge in [0.1, 0.15) is 0 Å². The predicted octanol–water partition coefficient (Wildman–Crippen LogP) is 3.58. The third-order valence-electron chi connectivity index (χ3n) is 4.40. The first kappa shape index (κ1) is 16.2. The highest BCUT2D eigenvalue weighted by molar-refractivity contribution is 9.10. The van der Waals surface area contributed by atoms with Crippen LogP contribution in [0.2, 0.25) is 0 Å². The molecule has 23 heavy (non-hydrogen) atoms. The SMILES string of the molecule is CN1C(=N)N[C@](C)(c2cc(Br)cs2)[C@H](Cc2ccccc2)C1=O. The molecule has 0 bridgehead atoms. The molecule has 0 saturated carbocycles. The summed E-state index contributed by atoms with van der Waals surface area (Å²) in [6.07, 6.45) is 0.635. The Labute approximate surface area is 148 Å². The Bertz CT molecular complexity index is 745. The molecular formula is C17H18BrN3OS. The maximum absolute atomic E-state index is 12.9. The van der Waals surface area contributed by atoms with Crippen LogP contribution in [0.5, 0.6) is 0 Å². The van der Waals surface area contributed by atoms with Crippen molar-refractivity contribution in [3.8, 4) is 0 Å². The Kier molecular flexibility index (Phi) is 4.29. The number of carbonyl (C=O) groups excluding carboxylic acids is 1. The van der Waals surface area contributed by atoms with E-state index in [0.29, 0.717) is 6.42 Å². The van der Waals surface area contributed by atoms with E-state index in [0.717, 1.165) is 14.9 Å². The molecule has 1 aromatic heterocycles. The maximum Gasteiger partial charge on any atom is 0.235 e. The molecule has 0 aliphatic carbocycles. The average Bonchev–Trinajstić information content (AvgIpc) is 2.98. The molecule has 6 heteroatoms. The van der Waals surface area contributed by atoms with E-state index in [2.05, 4.69) is 21.2 Å². The van der Waals surface area contributed by atoms with E-state index in [-0.39, 0.29) is 17.8 Å². The first-order valence-corrected chi connectivity index (χ1v) is 9.02. The summed E-state index contributed by atoms with van der Waals surface area (Å²) in [5.41, 5.74) is 0.532. The number of hydrogen-bond acceptors (Lipinski definition) is 3. The number of hydrogen-bond donors (Lipinski definition) is 2. The van der Waals surface area contributed by atoms with Gasteiger partial charge in [-0.1, -0.05) is 30.3 Å². The lowest BCUT2D eigenvalue weighted by Gasteiger charge is -2.45. The Morgan fingerprint density at radius 1 is 1.39 bits per heavy atom. The lowest BCUT2D eigenvalue weighted by Crippen LogP contribution is -2.64. The second-order valence-corrected chi connectivity index (χ2v) is 7.77. The second kappa shape index (κ2) is 6.09. The van der Waals surface area contributed by atoms with E-state index in [4.69, 9.17) is 5.41 Å². The topological polar surface area (TPSA) is 56.2 Å². The van der Waals surface area contributed by atoms with Gasteiger partial charge in [-0.25, -0.2) is 0 Å². The highest BCUT2D eigenvalue weighted by Crippen LogP contribution is 2.39. The van der Waals surface area contributed by atoms with E-state index in [1.54, 1.807) is 18.4 Å². The summed E-state index contributed by atoms with van der Waals surface area (Å²) >= 11 is 5.08. The molecule has 2 heterocycles. The van der Waals surface area contributed by atoms with E-state index in [1.165, 1.54) is 4.90 Å². The average molecular weight is 392 g/mol. The fraction of sp³-hybridized carbons (Fsp3) is 0.294. The third kappa shape index (κ3) is 2.93. The van der Waals surface area contributed by atoms with Crippen LogP contribution in [0.3, 0.4) is 0 Å². The smallest absolute Gasteiger partial charge is 0.235 e. The molecule has 1 fully saturated rings. The molecule has 120 valence electrons. The van der Waals surface area contributed by atoms with Crippen molar-refractivity contribution in [2.24, 2.45) is 5.92 Å². The molecule has 1 aromatic carbocycles. The Hall–Kier alpha value is -1.66. The van der Waals surface area contributed by atoms with E-state index in [9.17, 15) is 4.79 Å². The molecule has 4 nitrogen and oxygen atoms in total. The molecule has 0 radical (unpaired) electrons. The Morgan fingerprint density at radius 3 is 2.70 bits per heavy atom. The molecule has 1 amide bonds. The molecule has 1 saturated heterocycles. The quantitative estimate of drug-likeness (QED) is 0.839. The zero-order valence-electron chi connectivity index (χ0n) is 13.0. The van der Waals surface area contributed by atoms with Crippen LogP contribution >= 0.6 is 27.3 Å². The molecule has 1 aliphatic rings. The summed E-state index contributed by atoms with van der Waals surface area (Å²) in [7, 11) is 1.65. The van der Waals surface area contributed by atoms with Gasteiger partial charge in [0.15, 0.2) is 5.96 Å². The van der Waals surface area contributed by atoms with Crippen LogP contribution < -0.4 is 5.32 Å². The van der Waals surface area contributed by atoms with Crippen LogP contribution in [0.1, 0.15) is 17.4 Å². The standard InChI is InChI=1S/C17H18BrN3OS/c1-17(14-9-12(18)10-23-14)13(8-11-6-4-3-5-7-11)15(22)21(2)16(19)20-17/h3-7,9-10,13H,8H2,1-2H3,(H2,19,20)/t13-,17+/m1/s1. The second-order valence-electron chi connectivity index (χ2n) is 5.94. The minimum atomic E-state index is -0.590. The van der Waals surface area contributed by atoms with Crippen LogP contribution in [-0.2, 0) is 16.8 Å². The summed E-state index contributed by atoms with van der Waals surface area (Å²) in [6, 6.07) is 12.1. The van der Waals surface area contributed by atoms with Gasteiger partial charge in [-0.3, -0.25) is 15.1 Å². The highest BCUT2D eigenvalue weighted by atomic mass is 79.9. The first-order valence-electron chi connectivity index (χ1n) is 7.34. The molecule has 0 spiro atoms. The van der Waals surface area contributed by atoms with Crippen LogP contribution in [0.4, 0.5) is 0 Å². The van der Waals surface area contributed by atoms with Gasteiger partial charge in [0.05, 0.1) is 11.5 Å². The Morgan fingerprint density at radius 2 is 2.09 bits per heavy atom. The number of amides is 1. The predicted molar refractivity (Wildman–Crippen MR) is 96.6 cm³/mol. The lowest BCUT2D eigenvalue weighted by atomic mass is 9.77. The largest absolute Gasteiger partial charge is 0.345 e. The number of benzene rings is 1. The molecule has 2 N–H and O–H groups in total.